The summed E-state index contributed by atoms with van der Waals surface area (Å²) in [6, 6.07) is 5.24. The highest BCUT2D eigenvalue weighted by atomic mass is 32.1. The molecule has 1 fully saturated rings. The topological polar surface area (TPSA) is 37.3 Å². The molecule has 0 saturated carbocycles. The van der Waals surface area contributed by atoms with E-state index in [0.29, 0.717) is 19.6 Å². The number of pyridine rings is 1. The Balaban J connectivity index is 1.58. The van der Waals surface area contributed by atoms with Crippen LogP contribution >= 0.6 is 12.2 Å². The highest BCUT2D eigenvalue weighted by Crippen LogP contribution is 2.35. The quantitative estimate of drug-likeness (QED) is 0.456. The lowest BCUT2D eigenvalue weighted by atomic mass is 9.83. The number of fused-ring (bicyclic) bond motifs is 4. The van der Waals surface area contributed by atoms with Gasteiger partial charge in [-0.05, 0) is 30.6 Å². The van der Waals surface area contributed by atoms with Crippen molar-refractivity contribution < 1.29 is 17.6 Å². The Labute approximate surface area is 157 Å². The molecule has 0 aliphatic carbocycles. The molecule has 27 heavy (non-hydrogen) atoms. The van der Waals surface area contributed by atoms with Crippen molar-refractivity contribution in [3.05, 3.63) is 63.6 Å². The molecule has 1 aromatic carbocycles. The lowest BCUT2D eigenvalue weighted by Crippen LogP contribution is -2.50. The minimum Gasteiger partial charge on any atom is -0.348 e. The predicted octanol–water partition coefficient (Wildman–Crippen LogP) is 3.22. The van der Waals surface area contributed by atoms with Crippen LogP contribution in [0.4, 0.5) is 23.2 Å². The minimum absolute atomic E-state index is 0.0146. The van der Waals surface area contributed by atoms with E-state index in [9.17, 15) is 22.4 Å². The molecule has 0 spiro atoms. The van der Waals surface area contributed by atoms with Crippen LogP contribution in [0.5, 0.6) is 0 Å². The maximum absolute atomic E-state index is 13.9. The highest BCUT2D eigenvalue weighted by Gasteiger charge is 2.35. The number of likely N-dealkylation sites (tertiary alicyclic amines) is 1. The van der Waals surface area contributed by atoms with Gasteiger partial charge in [0.15, 0.2) is 28.4 Å². The Morgan fingerprint density at radius 1 is 1.07 bits per heavy atom. The van der Waals surface area contributed by atoms with Crippen LogP contribution in [0.1, 0.15) is 18.0 Å². The van der Waals surface area contributed by atoms with Crippen molar-refractivity contribution in [2.75, 3.05) is 18.4 Å². The normalized spacial score (nSPS) is 21.0. The third kappa shape index (κ3) is 3.09. The number of aromatic nitrogens is 1. The van der Waals surface area contributed by atoms with Gasteiger partial charge in [0, 0.05) is 43.4 Å². The van der Waals surface area contributed by atoms with Crippen molar-refractivity contribution in [3.8, 4) is 0 Å². The molecule has 142 valence electrons. The van der Waals surface area contributed by atoms with E-state index in [-0.39, 0.29) is 28.6 Å². The van der Waals surface area contributed by atoms with E-state index in [0.717, 1.165) is 12.1 Å². The van der Waals surface area contributed by atoms with E-state index in [1.807, 2.05) is 6.07 Å². The highest BCUT2D eigenvalue weighted by molar-refractivity contribution is 7.80. The maximum Gasteiger partial charge on any atom is 0.250 e. The fourth-order valence-electron chi connectivity index (χ4n) is 3.93. The van der Waals surface area contributed by atoms with Crippen molar-refractivity contribution in [2.45, 2.75) is 18.9 Å². The van der Waals surface area contributed by atoms with Crippen LogP contribution in [0.15, 0.2) is 29.1 Å². The summed E-state index contributed by atoms with van der Waals surface area (Å²) in [4.78, 5) is 13.8. The average molecular weight is 397 g/mol. The molecule has 0 radical (unpaired) electrons. The standard InChI is InChI=1S/C18H15F4N3OS/c19-11-5-12(20)16(22)17(15(11)21)23-18(27)24-6-9-4-10(8-24)13-2-1-3-14(26)25(13)7-9/h1-3,5,9-10H,4,6-8H2,(H,23,27). The van der Waals surface area contributed by atoms with Crippen LogP contribution in [0, 0.1) is 29.2 Å². The van der Waals surface area contributed by atoms with E-state index < -0.39 is 29.0 Å². The molecule has 4 nitrogen and oxygen atoms in total. The fraction of sp³-hybridized carbons (Fsp3) is 0.333. The predicted molar refractivity (Wildman–Crippen MR) is 95.6 cm³/mol. The van der Waals surface area contributed by atoms with Crippen LogP contribution in [0.3, 0.4) is 0 Å². The molecule has 2 aromatic rings. The summed E-state index contributed by atoms with van der Waals surface area (Å²) in [5, 5.41) is 2.30. The van der Waals surface area contributed by atoms with Gasteiger partial charge in [-0.15, -0.1) is 0 Å². The lowest BCUT2D eigenvalue weighted by Gasteiger charge is -2.43. The number of hydrogen-bond acceptors (Lipinski definition) is 2. The third-order valence-corrected chi connectivity index (χ3v) is 5.47. The Morgan fingerprint density at radius 2 is 1.78 bits per heavy atom. The molecule has 1 N–H and O–H groups in total. The van der Waals surface area contributed by atoms with Crippen LogP contribution in [0.2, 0.25) is 0 Å². The molecule has 0 amide bonds. The van der Waals surface area contributed by atoms with Crippen molar-refractivity contribution in [1.29, 1.82) is 0 Å². The molecular weight excluding hydrogens is 382 g/mol. The van der Waals surface area contributed by atoms with Gasteiger partial charge in [0.25, 0.3) is 5.56 Å². The Morgan fingerprint density at radius 3 is 2.48 bits per heavy atom. The van der Waals surface area contributed by atoms with Gasteiger partial charge in [-0.2, -0.15) is 0 Å². The Hall–Kier alpha value is -2.42. The number of hydrogen-bond donors (Lipinski definition) is 1. The summed E-state index contributed by atoms with van der Waals surface area (Å²) >= 11 is 5.23. The van der Waals surface area contributed by atoms with Gasteiger partial charge in [-0.1, -0.05) is 6.07 Å². The summed E-state index contributed by atoms with van der Waals surface area (Å²) in [7, 11) is 0. The molecule has 2 bridgehead atoms. The van der Waals surface area contributed by atoms with Gasteiger partial charge in [0.1, 0.15) is 5.69 Å². The number of anilines is 1. The second-order valence-corrected chi connectivity index (χ2v) is 7.26. The molecular formula is C18H15F4N3OS. The summed E-state index contributed by atoms with van der Waals surface area (Å²) in [5.74, 6) is -5.87. The smallest absolute Gasteiger partial charge is 0.250 e. The van der Waals surface area contributed by atoms with Crippen LogP contribution in [-0.2, 0) is 6.54 Å². The largest absolute Gasteiger partial charge is 0.348 e. The van der Waals surface area contributed by atoms with Crippen LogP contribution < -0.4 is 10.9 Å². The summed E-state index contributed by atoms with van der Waals surface area (Å²) in [6.07, 6.45) is 0.875. The molecule has 1 saturated heterocycles. The lowest BCUT2D eigenvalue weighted by molar-refractivity contribution is 0.180. The van der Waals surface area contributed by atoms with Crippen molar-refractivity contribution in [1.82, 2.24) is 9.47 Å². The van der Waals surface area contributed by atoms with Crippen LogP contribution in [-0.4, -0.2) is 27.7 Å². The first-order chi connectivity index (χ1) is 12.8. The molecule has 2 aliphatic heterocycles. The maximum atomic E-state index is 13.9. The number of piperidine rings is 1. The number of benzene rings is 1. The van der Waals surface area contributed by atoms with Crippen molar-refractivity contribution in [3.63, 3.8) is 0 Å². The Bertz CT molecular complexity index is 967. The molecule has 2 unspecified atom stereocenters. The van der Waals surface area contributed by atoms with Gasteiger partial charge >= 0.3 is 0 Å². The van der Waals surface area contributed by atoms with Crippen molar-refractivity contribution in [2.24, 2.45) is 5.92 Å². The number of nitrogens with zero attached hydrogens (tertiary/aromatic N) is 2. The zero-order valence-electron chi connectivity index (χ0n) is 14.0. The zero-order chi connectivity index (χ0) is 19.3. The van der Waals surface area contributed by atoms with Gasteiger partial charge in [0.2, 0.25) is 0 Å². The van der Waals surface area contributed by atoms with Gasteiger partial charge in [0.05, 0.1) is 0 Å². The monoisotopic (exact) mass is 397 g/mol. The number of rotatable bonds is 1. The third-order valence-electron chi connectivity index (χ3n) is 5.11. The van der Waals surface area contributed by atoms with Crippen LogP contribution in [0.25, 0.3) is 0 Å². The molecule has 3 heterocycles. The first-order valence-electron chi connectivity index (χ1n) is 8.43. The molecule has 2 aliphatic rings. The van der Waals surface area contributed by atoms with E-state index in [1.54, 1.807) is 15.5 Å². The van der Waals surface area contributed by atoms with E-state index in [1.165, 1.54) is 6.07 Å². The molecule has 2 atom stereocenters. The number of thiocarbonyl (C=S) groups is 1. The average Bonchev–Trinajstić information content (AvgIpc) is 2.64. The number of nitrogens with one attached hydrogen (secondary N) is 1. The molecule has 1 aromatic heterocycles. The molecule has 9 heteroatoms. The second-order valence-electron chi connectivity index (χ2n) is 6.88. The van der Waals surface area contributed by atoms with Gasteiger partial charge < -0.3 is 14.8 Å². The first-order valence-corrected chi connectivity index (χ1v) is 8.84. The van der Waals surface area contributed by atoms with E-state index >= 15 is 0 Å². The SMILES string of the molecule is O=c1cccc2n1CC1CC2CN(C(=S)Nc2c(F)c(F)cc(F)c2F)C1. The van der Waals surface area contributed by atoms with Gasteiger partial charge in [-0.3, -0.25) is 4.79 Å². The summed E-state index contributed by atoms with van der Waals surface area (Å²) < 4.78 is 56.3. The van der Waals surface area contributed by atoms with E-state index in [2.05, 4.69) is 5.32 Å². The Kier molecular flexibility index (Phi) is 4.41. The zero-order valence-corrected chi connectivity index (χ0v) is 14.8. The molecule has 4 rings (SSSR count). The number of halogens is 4. The van der Waals surface area contributed by atoms with Gasteiger partial charge in [-0.25, -0.2) is 17.6 Å². The minimum atomic E-state index is -1.52. The van der Waals surface area contributed by atoms with Crippen molar-refractivity contribution >= 4 is 23.0 Å². The fourth-order valence-corrected chi connectivity index (χ4v) is 4.18. The summed E-state index contributed by atoms with van der Waals surface area (Å²) in [6.45, 7) is 1.44. The first kappa shape index (κ1) is 18.0. The summed E-state index contributed by atoms with van der Waals surface area (Å²) in [5.41, 5.74) is -0.110. The van der Waals surface area contributed by atoms with E-state index in [4.69, 9.17) is 12.2 Å². The second kappa shape index (κ2) is 6.63.